The molecule has 0 unspecified atom stereocenters. The van der Waals surface area contributed by atoms with Crippen molar-refractivity contribution < 1.29 is 19.1 Å². The molecule has 0 fully saturated rings. The number of rotatable bonds is 7. The minimum atomic E-state index is -0.879. The predicted molar refractivity (Wildman–Crippen MR) is 73.8 cm³/mol. The van der Waals surface area contributed by atoms with Crippen LogP contribution in [0, 0.1) is 5.82 Å². The minimum Gasteiger partial charge on any atom is -0.481 e. The van der Waals surface area contributed by atoms with Crippen LogP contribution in [0.2, 0.25) is 0 Å². The standard InChI is InChI=1S/C15H20FNO3/c1-11(2)17(9-5-8-15(19)20)14(18)10-12-6-3-4-7-13(12)16/h3-4,6-7,11H,5,8-10H2,1-2H3,(H,19,20). The van der Waals surface area contributed by atoms with Crippen LogP contribution in [0.25, 0.3) is 0 Å². The summed E-state index contributed by atoms with van der Waals surface area (Å²) in [6.45, 7) is 4.09. The topological polar surface area (TPSA) is 57.6 Å². The van der Waals surface area contributed by atoms with Crippen LogP contribution in [-0.4, -0.2) is 34.5 Å². The fourth-order valence-corrected chi connectivity index (χ4v) is 1.98. The molecule has 0 aromatic heterocycles. The lowest BCUT2D eigenvalue weighted by Crippen LogP contribution is -2.39. The fraction of sp³-hybridized carbons (Fsp3) is 0.467. The highest BCUT2D eigenvalue weighted by Crippen LogP contribution is 2.11. The first-order chi connectivity index (χ1) is 9.41. The molecule has 1 N–H and O–H groups in total. The van der Waals surface area contributed by atoms with E-state index in [1.54, 1.807) is 23.1 Å². The molecule has 0 aliphatic rings. The van der Waals surface area contributed by atoms with Gasteiger partial charge in [-0.3, -0.25) is 9.59 Å². The Morgan fingerprint density at radius 3 is 2.50 bits per heavy atom. The normalized spacial score (nSPS) is 10.6. The third-order valence-corrected chi connectivity index (χ3v) is 3.03. The second-order valence-electron chi connectivity index (χ2n) is 4.95. The van der Waals surface area contributed by atoms with Crippen LogP contribution in [0.1, 0.15) is 32.3 Å². The lowest BCUT2D eigenvalue weighted by Gasteiger charge is -2.26. The second-order valence-corrected chi connectivity index (χ2v) is 4.95. The van der Waals surface area contributed by atoms with Gasteiger partial charge in [-0.2, -0.15) is 0 Å². The maximum absolute atomic E-state index is 13.5. The molecule has 0 saturated heterocycles. The summed E-state index contributed by atoms with van der Waals surface area (Å²) in [5, 5.41) is 8.62. The average molecular weight is 281 g/mol. The number of hydrogen-bond acceptors (Lipinski definition) is 2. The van der Waals surface area contributed by atoms with Gasteiger partial charge in [0.25, 0.3) is 0 Å². The molecule has 4 nitrogen and oxygen atoms in total. The van der Waals surface area contributed by atoms with Crippen LogP contribution < -0.4 is 0 Å². The largest absolute Gasteiger partial charge is 0.481 e. The van der Waals surface area contributed by atoms with Gasteiger partial charge < -0.3 is 10.0 Å². The van der Waals surface area contributed by atoms with Crippen molar-refractivity contribution in [3.63, 3.8) is 0 Å². The maximum atomic E-state index is 13.5. The van der Waals surface area contributed by atoms with E-state index >= 15 is 0 Å². The number of carbonyl (C=O) groups excluding carboxylic acids is 1. The molecular weight excluding hydrogens is 261 g/mol. The van der Waals surface area contributed by atoms with Crippen molar-refractivity contribution in [3.05, 3.63) is 35.6 Å². The Hall–Kier alpha value is -1.91. The number of amides is 1. The zero-order valence-corrected chi connectivity index (χ0v) is 11.8. The zero-order valence-electron chi connectivity index (χ0n) is 11.8. The molecule has 0 saturated carbocycles. The van der Waals surface area contributed by atoms with E-state index in [-0.39, 0.29) is 24.8 Å². The van der Waals surface area contributed by atoms with Gasteiger partial charge in [0, 0.05) is 19.0 Å². The molecule has 110 valence electrons. The van der Waals surface area contributed by atoms with E-state index in [0.29, 0.717) is 18.5 Å². The van der Waals surface area contributed by atoms with Gasteiger partial charge >= 0.3 is 5.97 Å². The van der Waals surface area contributed by atoms with Gasteiger partial charge in [-0.1, -0.05) is 18.2 Å². The molecule has 0 radical (unpaired) electrons. The molecule has 0 aliphatic heterocycles. The first-order valence-electron chi connectivity index (χ1n) is 6.66. The summed E-state index contributed by atoms with van der Waals surface area (Å²) in [4.78, 5) is 24.3. The van der Waals surface area contributed by atoms with E-state index in [1.807, 2.05) is 13.8 Å². The summed E-state index contributed by atoms with van der Waals surface area (Å²) >= 11 is 0. The van der Waals surface area contributed by atoms with Gasteiger partial charge in [-0.15, -0.1) is 0 Å². The van der Waals surface area contributed by atoms with Crippen LogP contribution >= 0.6 is 0 Å². The van der Waals surface area contributed by atoms with E-state index < -0.39 is 11.8 Å². The zero-order chi connectivity index (χ0) is 15.1. The smallest absolute Gasteiger partial charge is 0.303 e. The van der Waals surface area contributed by atoms with Gasteiger partial charge in [0.15, 0.2) is 0 Å². The fourth-order valence-electron chi connectivity index (χ4n) is 1.98. The van der Waals surface area contributed by atoms with Crippen molar-refractivity contribution in [2.24, 2.45) is 0 Å². The van der Waals surface area contributed by atoms with Gasteiger partial charge in [0.2, 0.25) is 5.91 Å². The Balaban J connectivity index is 2.65. The van der Waals surface area contributed by atoms with Gasteiger partial charge in [-0.05, 0) is 31.9 Å². The van der Waals surface area contributed by atoms with Gasteiger partial charge in [0.05, 0.1) is 6.42 Å². The number of benzene rings is 1. The average Bonchev–Trinajstić information content (AvgIpc) is 2.36. The van der Waals surface area contributed by atoms with Gasteiger partial charge in [-0.25, -0.2) is 4.39 Å². The van der Waals surface area contributed by atoms with Crippen LogP contribution in [0.15, 0.2) is 24.3 Å². The SMILES string of the molecule is CC(C)N(CCCC(=O)O)C(=O)Cc1ccccc1F. The molecule has 0 bridgehead atoms. The van der Waals surface area contributed by atoms with E-state index in [9.17, 15) is 14.0 Å². The van der Waals surface area contributed by atoms with E-state index in [2.05, 4.69) is 0 Å². The van der Waals surface area contributed by atoms with Crippen molar-refractivity contribution in [3.8, 4) is 0 Å². The molecule has 1 aromatic rings. The molecule has 0 spiro atoms. The second kappa shape index (κ2) is 7.62. The molecule has 1 amide bonds. The highest BCUT2D eigenvalue weighted by Gasteiger charge is 2.18. The van der Waals surface area contributed by atoms with E-state index in [4.69, 9.17) is 5.11 Å². The van der Waals surface area contributed by atoms with Crippen molar-refractivity contribution in [1.82, 2.24) is 4.90 Å². The number of carbonyl (C=O) groups is 2. The lowest BCUT2D eigenvalue weighted by atomic mass is 10.1. The van der Waals surface area contributed by atoms with Crippen molar-refractivity contribution >= 4 is 11.9 Å². The molecular formula is C15H20FNO3. The summed E-state index contributed by atoms with van der Waals surface area (Å²) in [5.41, 5.74) is 0.362. The Morgan fingerprint density at radius 2 is 1.95 bits per heavy atom. The minimum absolute atomic E-state index is 0.00206. The quantitative estimate of drug-likeness (QED) is 0.835. The summed E-state index contributed by atoms with van der Waals surface area (Å²) in [5.74, 6) is -1.46. The van der Waals surface area contributed by atoms with E-state index in [0.717, 1.165) is 0 Å². The summed E-state index contributed by atoms with van der Waals surface area (Å²) in [6, 6.07) is 6.14. The number of hydrogen-bond donors (Lipinski definition) is 1. The predicted octanol–water partition coefficient (Wildman–Crippen LogP) is 2.47. The van der Waals surface area contributed by atoms with Crippen LogP contribution in [0.3, 0.4) is 0 Å². The highest BCUT2D eigenvalue weighted by molar-refractivity contribution is 5.79. The summed E-state index contributed by atoms with van der Waals surface area (Å²) in [7, 11) is 0. The molecule has 0 atom stereocenters. The summed E-state index contributed by atoms with van der Waals surface area (Å²) in [6.07, 6.45) is 0.421. The molecule has 0 aliphatic carbocycles. The first kappa shape index (κ1) is 16.1. The first-order valence-corrected chi connectivity index (χ1v) is 6.66. The van der Waals surface area contributed by atoms with Crippen molar-refractivity contribution in [2.75, 3.05) is 6.54 Å². The molecule has 5 heteroatoms. The molecule has 1 aromatic carbocycles. The van der Waals surface area contributed by atoms with Crippen molar-refractivity contribution in [2.45, 2.75) is 39.2 Å². The molecule has 1 rings (SSSR count). The monoisotopic (exact) mass is 281 g/mol. The number of halogens is 1. The summed E-state index contributed by atoms with van der Waals surface area (Å²) < 4.78 is 13.5. The van der Waals surface area contributed by atoms with Crippen LogP contribution in [0.4, 0.5) is 4.39 Å². The van der Waals surface area contributed by atoms with E-state index in [1.165, 1.54) is 6.07 Å². The third kappa shape index (κ3) is 4.99. The maximum Gasteiger partial charge on any atom is 0.303 e. The Morgan fingerprint density at radius 1 is 1.30 bits per heavy atom. The number of aliphatic carboxylic acids is 1. The lowest BCUT2D eigenvalue weighted by molar-refractivity contribution is -0.138. The van der Waals surface area contributed by atoms with Crippen LogP contribution in [0.5, 0.6) is 0 Å². The molecule has 20 heavy (non-hydrogen) atoms. The highest BCUT2D eigenvalue weighted by atomic mass is 19.1. The third-order valence-electron chi connectivity index (χ3n) is 3.03. The number of carboxylic acid groups (broad SMARTS) is 1. The number of carboxylic acids is 1. The Bertz CT molecular complexity index is 474. The Labute approximate surface area is 118 Å². The van der Waals surface area contributed by atoms with Crippen molar-refractivity contribution in [1.29, 1.82) is 0 Å². The Kier molecular flexibility index (Phi) is 6.15. The van der Waals surface area contributed by atoms with Gasteiger partial charge in [0.1, 0.15) is 5.82 Å². The number of nitrogens with zero attached hydrogens (tertiary/aromatic N) is 1. The molecule has 0 heterocycles. The van der Waals surface area contributed by atoms with Crippen LogP contribution in [-0.2, 0) is 16.0 Å².